The zero-order valence-electron chi connectivity index (χ0n) is 16.9. The maximum absolute atomic E-state index is 11.5. The largest absolute Gasteiger partial charge is 0.484 e. The van der Waals surface area contributed by atoms with Crippen LogP contribution >= 0.6 is 0 Å². The summed E-state index contributed by atoms with van der Waals surface area (Å²) in [6.07, 6.45) is 0. The van der Waals surface area contributed by atoms with Gasteiger partial charge in [-0.3, -0.25) is 9.79 Å². The van der Waals surface area contributed by atoms with Gasteiger partial charge >= 0.3 is 0 Å². The monoisotopic (exact) mass is 387 g/mol. The first-order valence-corrected chi connectivity index (χ1v) is 9.40. The van der Waals surface area contributed by atoms with Crippen LogP contribution in [0.4, 0.5) is 0 Å². The van der Waals surface area contributed by atoms with Crippen molar-refractivity contribution >= 4 is 11.9 Å². The minimum Gasteiger partial charge on any atom is -0.484 e. The Morgan fingerprint density at radius 3 is 2.68 bits per heavy atom. The fraction of sp³-hybridized carbons (Fsp3) is 0.450. The molecule has 1 aromatic carbocycles. The molecule has 0 saturated heterocycles. The highest BCUT2D eigenvalue weighted by Gasteiger charge is 2.08. The molecule has 1 amide bonds. The highest BCUT2D eigenvalue weighted by atomic mass is 16.5. The topological polar surface area (TPSA) is 101 Å². The van der Waals surface area contributed by atoms with E-state index in [9.17, 15) is 4.79 Å². The molecule has 1 heterocycles. The van der Waals surface area contributed by atoms with E-state index in [2.05, 4.69) is 39.9 Å². The highest BCUT2D eigenvalue weighted by Crippen LogP contribution is 2.14. The van der Waals surface area contributed by atoms with Crippen LogP contribution in [0.5, 0.6) is 5.75 Å². The molecule has 8 nitrogen and oxygen atoms in total. The Balaban J connectivity index is 1.82. The van der Waals surface area contributed by atoms with Crippen LogP contribution in [0, 0.1) is 0 Å². The maximum atomic E-state index is 11.5. The average molecular weight is 387 g/mol. The second kappa shape index (κ2) is 11.0. The molecule has 2 rings (SSSR count). The van der Waals surface area contributed by atoms with Crippen molar-refractivity contribution in [1.29, 1.82) is 0 Å². The van der Waals surface area contributed by atoms with E-state index in [1.807, 2.05) is 37.3 Å². The summed E-state index contributed by atoms with van der Waals surface area (Å²) in [5, 5.41) is 13.2. The zero-order chi connectivity index (χ0) is 20.4. The number of benzene rings is 1. The molecule has 0 atom stereocenters. The molecular weight excluding hydrogens is 358 g/mol. The molecular formula is C20H29N5O3. The zero-order valence-corrected chi connectivity index (χ0v) is 16.9. The van der Waals surface area contributed by atoms with Gasteiger partial charge in [-0.25, -0.2) is 0 Å². The molecule has 3 N–H and O–H groups in total. The van der Waals surface area contributed by atoms with Crippen molar-refractivity contribution in [3.05, 3.63) is 47.3 Å². The molecule has 0 unspecified atom stereocenters. The van der Waals surface area contributed by atoms with Crippen LogP contribution in [0.25, 0.3) is 0 Å². The number of guanidine groups is 1. The normalized spacial score (nSPS) is 11.4. The Hall–Kier alpha value is -3.03. The Morgan fingerprint density at radius 1 is 1.21 bits per heavy atom. The molecule has 152 valence electrons. The van der Waals surface area contributed by atoms with E-state index in [0.29, 0.717) is 37.3 Å². The quantitative estimate of drug-likeness (QED) is 0.450. The van der Waals surface area contributed by atoms with Crippen LogP contribution in [0.2, 0.25) is 0 Å². The summed E-state index contributed by atoms with van der Waals surface area (Å²) in [6.45, 7) is 7.67. The van der Waals surface area contributed by atoms with Crippen molar-refractivity contribution in [3.8, 4) is 5.75 Å². The number of likely N-dealkylation sites (N-methyl/N-ethyl adjacent to an activating group) is 1. The van der Waals surface area contributed by atoms with Crippen molar-refractivity contribution in [2.45, 2.75) is 39.8 Å². The third-order valence-electron chi connectivity index (χ3n) is 3.92. The maximum Gasteiger partial charge on any atom is 0.257 e. The summed E-state index contributed by atoms with van der Waals surface area (Å²) in [4.78, 5) is 15.7. The van der Waals surface area contributed by atoms with E-state index < -0.39 is 0 Å². The second-order valence-corrected chi connectivity index (χ2v) is 6.54. The van der Waals surface area contributed by atoms with Crippen molar-refractivity contribution in [2.24, 2.45) is 4.99 Å². The van der Waals surface area contributed by atoms with Gasteiger partial charge in [-0.05, 0) is 30.5 Å². The van der Waals surface area contributed by atoms with E-state index in [1.54, 1.807) is 7.05 Å². The van der Waals surface area contributed by atoms with Gasteiger partial charge in [-0.2, -0.15) is 0 Å². The number of hydrogen-bond acceptors (Lipinski definition) is 5. The Morgan fingerprint density at radius 2 is 2.00 bits per heavy atom. The van der Waals surface area contributed by atoms with Crippen LogP contribution in [0.15, 0.2) is 39.8 Å². The first-order valence-electron chi connectivity index (χ1n) is 9.40. The molecule has 0 radical (unpaired) electrons. The molecule has 0 aliphatic carbocycles. The lowest BCUT2D eigenvalue weighted by molar-refractivity contribution is -0.122. The molecule has 0 spiro atoms. The van der Waals surface area contributed by atoms with Crippen molar-refractivity contribution in [2.75, 3.05) is 20.2 Å². The van der Waals surface area contributed by atoms with Crippen LogP contribution in [0.3, 0.4) is 0 Å². The third-order valence-corrected chi connectivity index (χ3v) is 3.92. The molecule has 0 bridgehead atoms. The fourth-order valence-corrected chi connectivity index (χ4v) is 2.40. The number of ether oxygens (including phenoxy) is 1. The summed E-state index contributed by atoms with van der Waals surface area (Å²) >= 11 is 0. The van der Waals surface area contributed by atoms with Gasteiger partial charge in [0, 0.05) is 26.2 Å². The van der Waals surface area contributed by atoms with Crippen molar-refractivity contribution in [3.63, 3.8) is 0 Å². The van der Waals surface area contributed by atoms with Gasteiger partial charge in [0.05, 0.1) is 12.2 Å². The van der Waals surface area contributed by atoms with Gasteiger partial charge < -0.3 is 25.2 Å². The molecule has 0 saturated carbocycles. The van der Waals surface area contributed by atoms with Gasteiger partial charge in [-0.15, -0.1) is 0 Å². The van der Waals surface area contributed by atoms with Crippen molar-refractivity contribution in [1.82, 2.24) is 21.1 Å². The number of carbonyl (C=O) groups excluding carboxylic acids is 1. The lowest BCUT2D eigenvalue weighted by Gasteiger charge is -2.12. The number of hydrogen-bond donors (Lipinski definition) is 3. The standard InChI is InChI=1S/C20H29N5O3/c1-5-22-19(26)13-27-16-8-6-7-15(9-16)11-23-20(21-4)24-12-17-10-18(14(2)3)25-28-17/h6-10,14H,5,11-13H2,1-4H3,(H,22,26)(H2,21,23,24). The highest BCUT2D eigenvalue weighted by molar-refractivity contribution is 5.79. The number of nitrogens with one attached hydrogen (secondary N) is 3. The van der Waals surface area contributed by atoms with E-state index in [-0.39, 0.29) is 12.5 Å². The summed E-state index contributed by atoms with van der Waals surface area (Å²) in [7, 11) is 1.71. The second-order valence-electron chi connectivity index (χ2n) is 6.54. The lowest BCUT2D eigenvalue weighted by Crippen LogP contribution is -2.36. The first-order chi connectivity index (χ1) is 13.5. The van der Waals surface area contributed by atoms with Gasteiger partial charge in [0.2, 0.25) is 0 Å². The number of aromatic nitrogens is 1. The van der Waals surface area contributed by atoms with Crippen LogP contribution < -0.4 is 20.7 Å². The van der Waals surface area contributed by atoms with E-state index >= 15 is 0 Å². The predicted octanol–water partition coefficient (Wildman–Crippen LogP) is 2.18. The number of nitrogens with zero attached hydrogens (tertiary/aromatic N) is 2. The Kier molecular flexibility index (Phi) is 8.33. The number of rotatable bonds is 9. The average Bonchev–Trinajstić information content (AvgIpc) is 3.16. The van der Waals surface area contributed by atoms with E-state index in [0.717, 1.165) is 17.0 Å². The van der Waals surface area contributed by atoms with Crippen LogP contribution in [0.1, 0.15) is 43.7 Å². The van der Waals surface area contributed by atoms with Gasteiger partial charge in [0.25, 0.3) is 5.91 Å². The molecule has 8 heteroatoms. The number of amides is 1. The molecule has 1 aromatic heterocycles. The molecule has 0 aliphatic heterocycles. The Labute approximate surface area is 165 Å². The Bertz CT molecular complexity index is 786. The first kappa shape index (κ1) is 21.3. The molecule has 0 aliphatic rings. The molecule has 0 fully saturated rings. The van der Waals surface area contributed by atoms with E-state index in [1.165, 1.54) is 0 Å². The minimum absolute atomic E-state index is 0.00347. The smallest absolute Gasteiger partial charge is 0.257 e. The van der Waals surface area contributed by atoms with Crippen molar-refractivity contribution < 1.29 is 14.1 Å². The minimum atomic E-state index is -0.135. The predicted molar refractivity (Wildman–Crippen MR) is 108 cm³/mol. The SMILES string of the molecule is CCNC(=O)COc1cccc(CNC(=NC)NCc2cc(C(C)C)no2)c1. The summed E-state index contributed by atoms with van der Waals surface area (Å²) in [5.74, 6) is 2.25. The van der Waals surface area contributed by atoms with Gasteiger partial charge in [0.1, 0.15) is 5.75 Å². The van der Waals surface area contributed by atoms with E-state index in [4.69, 9.17) is 9.26 Å². The third kappa shape index (κ3) is 6.94. The summed E-state index contributed by atoms with van der Waals surface area (Å²) in [5.41, 5.74) is 1.95. The summed E-state index contributed by atoms with van der Waals surface area (Å²) in [6, 6.07) is 9.53. The number of carbonyl (C=O) groups is 1. The summed E-state index contributed by atoms with van der Waals surface area (Å²) < 4.78 is 10.8. The van der Waals surface area contributed by atoms with Gasteiger partial charge in [0.15, 0.2) is 18.3 Å². The number of aliphatic imine (C=N–C) groups is 1. The molecule has 2 aromatic rings. The lowest BCUT2D eigenvalue weighted by atomic mass is 10.1. The van der Waals surface area contributed by atoms with Gasteiger partial charge in [-0.1, -0.05) is 31.1 Å². The van der Waals surface area contributed by atoms with Crippen LogP contribution in [-0.2, 0) is 17.9 Å². The van der Waals surface area contributed by atoms with Crippen LogP contribution in [-0.4, -0.2) is 37.2 Å². The fourth-order valence-electron chi connectivity index (χ4n) is 2.40. The molecule has 28 heavy (non-hydrogen) atoms.